The summed E-state index contributed by atoms with van der Waals surface area (Å²) >= 11 is 3.29. The van der Waals surface area contributed by atoms with Gasteiger partial charge in [-0.3, -0.25) is 0 Å². The molecule has 0 aliphatic carbocycles. The third kappa shape index (κ3) is 5.76. The molecule has 0 atom stereocenters. The van der Waals surface area contributed by atoms with Crippen molar-refractivity contribution >= 4 is 15.9 Å². The summed E-state index contributed by atoms with van der Waals surface area (Å²) in [7, 11) is 0. The maximum absolute atomic E-state index is 8.20. The molecule has 0 aromatic heterocycles. The van der Waals surface area contributed by atoms with Crippen molar-refractivity contribution in [1.82, 2.24) is 0 Å². The van der Waals surface area contributed by atoms with E-state index < -0.39 is 0 Å². The van der Waals surface area contributed by atoms with Gasteiger partial charge in [-0.2, -0.15) is 5.48 Å². The van der Waals surface area contributed by atoms with Gasteiger partial charge in [0.1, 0.15) is 6.20 Å². The summed E-state index contributed by atoms with van der Waals surface area (Å²) in [5, 5.41) is 9.08. The number of allylic oxidation sites excluding steroid dienone is 3. The Labute approximate surface area is 63.4 Å². The second-order valence-corrected chi connectivity index (χ2v) is 2.24. The van der Waals surface area contributed by atoms with Crippen LogP contribution in [0.25, 0.3) is 0 Å². The molecule has 0 saturated heterocycles. The first kappa shape index (κ1) is 8.88. The van der Waals surface area contributed by atoms with Gasteiger partial charge >= 0.3 is 0 Å². The number of alkyl halides is 1. The van der Waals surface area contributed by atoms with Crippen LogP contribution in [0.15, 0.2) is 23.9 Å². The van der Waals surface area contributed by atoms with Crippen molar-refractivity contribution in [3.63, 3.8) is 0 Å². The lowest BCUT2D eigenvalue weighted by molar-refractivity contribution is -0.838. The lowest BCUT2D eigenvalue weighted by Crippen LogP contribution is -2.73. The number of rotatable bonds is 3. The number of halogens is 1. The molecule has 0 aromatic carbocycles. The van der Waals surface area contributed by atoms with Crippen LogP contribution in [0.2, 0.25) is 0 Å². The van der Waals surface area contributed by atoms with Gasteiger partial charge < -0.3 is 0 Å². The summed E-state index contributed by atoms with van der Waals surface area (Å²) in [6.45, 7) is 2.01. The smallest absolute Gasteiger partial charge is 0.125 e. The number of nitrogens with two attached hydrogens (primary N) is 1. The molecular weight excluding hydrogens is 182 g/mol. The van der Waals surface area contributed by atoms with Gasteiger partial charge in [-0.25, -0.2) is 5.21 Å². The van der Waals surface area contributed by atoms with Crippen LogP contribution in [0.4, 0.5) is 0 Å². The van der Waals surface area contributed by atoms with Crippen molar-refractivity contribution in [1.29, 1.82) is 0 Å². The van der Waals surface area contributed by atoms with E-state index in [9.17, 15) is 0 Å². The first-order valence-electron chi connectivity index (χ1n) is 2.67. The molecule has 0 radical (unpaired) electrons. The Morgan fingerprint density at radius 3 is 2.89 bits per heavy atom. The Bertz CT molecular complexity index is 120. The SMILES string of the molecule is C/C(=C/C=C\[NH2+]O)CBr. The minimum Gasteiger partial charge on any atom is -0.216 e. The molecule has 0 aromatic rings. The average Bonchev–Trinajstić information content (AvgIpc) is 1.89. The van der Waals surface area contributed by atoms with E-state index in [1.165, 1.54) is 5.57 Å². The highest BCUT2D eigenvalue weighted by molar-refractivity contribution is 9.09. The average molecular weight is 193 g/mol. The van der Waals surface area contributed by atoms with E-state index in [1.807, 2.05) is 13.0 Å². The molecule has 0 aliphatic rings. The van der Waals surface area contributed by atoms with Crippen molar-refractivity contribution in [2.45, 2.75) is 6.92 Å². The van der Waals surface area contributed by atoms with Gasteiger partial charge in [0.2, 0.25) is 0 Å². The molecule has 3 heteroatoms. The van der Waals surface area contributed by atoms with E-state index in [0.717, 1.165) is 10.8 Å². The molecule has 0 rings (SSSR count). The standard InChI is InChI=1S/C6H10BrNO/c1-6(5-7)3-2-4-8-9/h2-4,8-9H,5H2,1H3/p+1/b4-2-,6-3-. The third-order valence-electron chi connectivity index (χ3n) is 0.789. The molecule has 0 unspecified atom stereocenters. The first-order valence-corrected chi connectivity index (χ1v) is 3.79. The van der Waals surface area contributed by atoms with E-state index in [0.29, 0.717) is 0 Å². The largest absolute Gasteiger partial charge is 0.216 e. The lowest BCUT2D eigenvalue weighted by atomic mass is 10.3. The van der Waals surface area contributed by atoms with Crippen LogP contribution in [0, 0.1) is 0 Å². The molecule has 2 nitrogen and oxygen atoms in total. The summed E-state index contributed by atoms with van der Waals surface area (Å²) in [5.74, 6) is 0. The Kier molecular flexibility index (Phi) is 5.93. The molecule has 0 amide bonds. The normalized spacial score (nSPS) is 13.0. The van der Waals surface area contributed by atoms with E-state index in [-0.39, 0.29) is 0 Å². The van der Waals surface area contributed by atoms with Crippen molar-refractivity contribution in [2.75, 3.05) is 5.33 Å². The minimum absolute atomic E-state index is 0.878. The molecule has 0 heterocycles. The van der Waals surface area contributed by atoms with Crippen LogP contribution < -0.4 is 5.48 Å². The molecule has 52 valence electrons. The minimum atomic E-state index is 0.878. The molecular formula is C6H11BrNO+. The van der Waals surface area contributed by atoms with Gasteiger partial charge in [0.25, 0.3) is 0 Å². The van der Waals surface area contributed by atoms with Gasteiger partial charge in [-0.15, -0.1) is 0 Å². The highest BCUT2D eigenvalue weighted by atomic mass is 79.9. The fourth-order valence-corrected chi connectivity index (χ4v) is 0.501. The van der Waals surface area contributed by atoms with Crippen LogP contribution >= 0.6 is 15.9 Å². The second kappa shape index (κ2) is 6.01. The maximum atomic E-state index is 8.20. The molecule has 0 spiro atoms. The van der Waals surface area contributed by atoms with E-state index in [4.69, 9.17) is 5.21 Å². The molecule has 0 bridgehead atoms. The zero-order chi connectivity index (χ0) is 7.11. The van der Waals surface area contributed by atoms with Gasteiger partial charge in [0.15, 0.2) is 0 Å². The topological polar surface area (TPSA) is 36.8 Å². The zero-order valence-corrected chi connectivity index (χ0v) is 6.93. The predicted octanol–water partition coefficient (Wildman–Crippen LogP) is 0.794. The van der Waals surface area contributed by atoms with Crippen molar-refractivity contribution in [2.24, 2.45) is 0 Å². The maximum Gasteiger partial charge on any atom is 0.125 e. The van der Waals surface area contributed by atoms with Crippen LogP contribution in [-0.4, -0.2) is 10.5 Å². The van der Waals surface area contributed by atoms with Gasteiger partial charge in [0, 0.05) is 5.33 Å². The molecule has 9 heavy (non-hydrogen) atoms. The van der Waals surface area contributed by atoms with Gasteiger partial charge in [-0.05, 0) is 13.0 Å². The number of hydroxylamine groups is 1. The fourth-order valence-electron chi connectivity index (χ4n) is 0.314. The highest BCUT2D eigenvalue weighted by Gasteiger charge is 1.78. The summed E-state index contributed by atoms with van der Waals surface area (Å²) in [6, 6.07) is 0. The number of quaternary nitrogens is 1. The van der Waals surface area contributed by atoms with Crippen LogP contribution in [0.1, 0.15) is 6.92 Å². The lowest BCUT2D eigenvalue weighted by Gasteiger charge is -1.85. The third-order valence-corrected chi connectivity index (χ3v) is 1.67. The van der Waals surface area contributed by atoms with Crippen molar-refractivity contribution < 1.29 is 10.7 Å². The quantitative estimate of drug-likeness (QED) is 0.388. The number of hydrogen-bond acceptors (Lipinski definition) is 1. The molecule has 0 saturated carbocycles. The monoisotopic (exact) mass is 192 g/mol. The summed E-state index contributed by atoms with van der Waals surface area (Å²) in [4.78, 5) is 0. The van der Waals surface area contributed by atoms with Gasteiger partial charge in [-0.1, -0.05) is 27.6 Å². The van der Waals surface area contributed by atoms with Crippen molar-refractivity contribution in [3.05, 3.63) is 23.9 Å². The molecule has 3 N–H and O–H groups in total. The van der Waals surface area contributed by atoms with Crippen LogP contribution in [0.3, 0.4) is 0 Å². The Hall–Kier alpha value is -0.120. The Morgan fingerprint density at radius 2 is 2.44 bits per heavy atom. The van der Waals surface area contributed by atoms with E-state index in [1.54, 1.807) is 12.3 Å². The summed E-state index contributed by atoms with van der Waals surface area (Å²) < 4.78 is 0. The second-order valence-electron chi connectivity index (χ2n) is 1.68. The van der Waals surface area contributed by atoms with E-state index >= 15 is 0 Å². The fraction of sp³-hybridized carbons (Fsp3) is 0.333. The highest BCUT2D eigenvalue weighted by Crippen LogP contribution is 1.96. The zero-order valence-electron chi connectivity index (χ0n) is 5.34. The summed E-state index contributed by atoms with van der Waals surface area (Å²) in [6.07, 6.45) is 5.30. The Balaban J connectivity index is 3.55. The van der Waals surface area contributed by atoms with Crippen molar-refractivity contribution in [3.8, 4) is 0 Å². The number of hydrogen-bond donors (Lipinski definition) is 2. The van der Waals surface area contributed by atoms with E-state index in [2.05, 4.69) is 15.9 Å². The van der Waals surface area contributed by atoms with Crippen LogP contribution in [0.5, 0.6) is 0 Å². The van der Waals surface area contributed by atoms with Crippen LogP contribution in [-0.2, 0) is 0 Å². The first-order chi connectivity index (χ1) is 4.31. The van der Waals surface area contributed by atoms with Gasteiger partial charge in [0.05, 0.1) is 0 Å². The molecule has 0 aliphatic heterocycles. The predicted molar refractivity (Wildman–Crippen MR) is 40.4 cm³/mol. The Morgan fingerprint density at radius 1 is 1.78 bits per heavy atom. The molecule has 0 fully saturated rings. The summed E-state index contributed by atoms with van der Waals surface area (Å²) in [5.41, 5.74) is 2.24.